The van der Waals surface area contributed by atoms with Gasteiger partial charge in [0.1, 0.15) is 6.04 Å². The van der Waals surface area contributed by atoms with Gasteiger partial charge in [-0.05, 0) is 6.92 Å². The number of ketones is 1. The van der Waals surface area contributed by atoms with E-state index in [9.17, 15) is 19.5 Å². The minimum absolute atomic E-state index is 0.393. The second-order valence-electron chi connectivity index (χ2n) is 2.73. The van der Waals surface area contributed by atoms with E-state index >= 15 is 0 Å². The topological polar surface area (TPSA) is 131 Å². The molecular formula is C6H10N4O4. The Kier molecular flexibility index (Phi) is 5.30. The molecule has 0 aromatic carbocycles. The molecule has 0 aromatic heterocycles. The summed E-state index contributed by atoms with van der Waals surface area (Å²) >= 11 is 0. The maximum Gasteiger partial charge on any atom is 0.177 e. The van der Waals surface area contributed by atoms with Crippen molar-refractivity contribution in [3.63, 3.8) is 0 Å². The molecule has 3 unspecified atom stereocenters. The molecule has 0 saturated carbocycles. The molecule has 0 aliphatic heterocycles. The van der Waals surface area contributed by atoms with Crippen LogP contribution >= 0.6 is 0 Å². The van der Waals surface area contributed by atoms with E-state index in [1.807, 2.05) is 0 Å². The van der Waals surface area contributed by atoms with Crippen molar-refractivity contribution in [3.8, 4) is 0 Å². The highest BCUT2D eigenvalue weighted by Crippen LogP contribution is 2.09. The molecule has 8 nitrogen and oxygen atoms in total. The van der Waals surface area contributed by atoms with Crippen molar-refractivity contribution in [3.05, 3.63) is 14.7 Å². The summed E-state index contributed by atoms with van der Waals surface area (Å²) in [6.07, 6.45) is 0. The van der Waals surface area contributed by atoms with Crippen molar-refractivity contribution in [2.75, 3.05) is 6.54 Å². The molecule has 3 atom stereocenters. The highest BCUT2D eigenvalue weighted by molar-refractivity contribution is 5.82. The van der Waals surface area contributed by atoms with E-state index in [1.54, 1.807) is 0 Å². The normalized spacial score (nSPS) is 16.4. The molecule has 0 amide bonds. The minimum atomic E-state index is -1.44. The number of carbonyl (C=O) groups excluding carboxylic acids is 1. The van der Waals surface area contributed by atoms with Crippen molar-refractivity contribution in [1.82, 2.24) is 0 Å². The van der Waals surface area contributed by atoms with Gasteiger partial charge < -0.3 is 5.73 Å². The lowest BCUT2D eigenvalue weighted by molar-refractivity contribution is -0.118. The largest absolute Gasteiger partial charge is 0.324 e. The summed E-state index contributed by atoms with van der Waals surface area (Å²) in [6.45, 7) is 0.695. The third-order valence-corrected chi connectivity index (χ3v) is 1.70. The molecule has 0 heterocycles. The fourth-order valence-electron chi connectivity index (χ4n) is 0.941. The lowest BCUT2D eigenvalue weighted by Gasteiger charge is -2.16. The van der Waals surface area contributed by atoms with Crippen LogP contribution in [0.3, 0.4) is 0 Å². The Morgan fingerprint density at radius 2 is 1.86 bits per heavy atom. The Hall–Kier alpha value is -1.57. The zero-order valence-corrected chi connectivity index (χ0v) is 7.49. The molecule has 78 valence electrons. The average molecular weight is 202 g/mol. The van der Waals surface area contributed by atoms with Crippen LogP contribution in [0.5, 0.6) is 0 Å². The smallest absolute Gasteiger partial charge is 0.177 e. The molecule has 0 radical (unpaired) electrons. The number of nitrogens with two attached hydrogens (primary N) is 1. The average Bonchev–Trinajstić information content (AvgIpc) is 2.13. The molecule has 0 aliphatic rings. The number of hydrogen-bond donors (Lipinski definition) is 1. The van der Waals surface area contributed by atoms with Gasteiger partial charge >= 0.3 is 0 Å². The van der Waals surface area contributed by atoms with Crippen LogP contribution < -0.4 is 5.73 Å². The first-order valence-corrected chi connectivity index (χ1v) is 3.78. The zero-order chi connectivity index (χ0) is 11.1. The maximum absolute atomic E-state index is 10.8. The molecule has 0 aliphatic carbocycles. The van der Waals surface area contributed by atoms with E-state index in [-0.39, 0.29) is 0 Å². The number of nitrogens with zero attached hydrogens (tertiary/aromatic N) is 3. The first-order valence-electron chi connectivity index (χ1n) is 3.78. The van der Waals surface area contributed by atoms with Crippen molar-refractivity contribution >= 4 is 5.78 Å². The van der Waals surface area contributed by atoms with E-state index in [4.69, 9.17) is 5.73 Å². The molecule has 2 N–H and O–H groups in total. The third-order valence-electron chi connectivity index (χ3n) is 1.70. The third kappa shape index (κ3) is 3.05. The van der Waals surface area contributed by atoms with Gasteiger partial charge in [0.25, 0.3) is 0 Å². The summed E-state index contributed by atoms with van der Waals surface area (Å²) in [5.74, 6) is -0.619. The summed E-state index contributed by atoms with van der Waals surface area (Å²) in [5, 5.41) is 7.41. The maximum atomic E-state index is 10.8. The van der Waals surface area contributed by atoms with E-state index < -0.39 is 30.5 Å². The van der Waals surface area contributed by atoms with Gasteiger partial charge in [0.05, 0.1) is 12.6 Å². The summed E-state index contributed by atoms with van der Waals surface area (Å²) in [7, 11) is 0. The second-order valence-corrected chi connectivity index (χ2v) is 2.73. The lowest BCUT2D eigenvalue weighted by Crippen LogP contribution is -2.45. The van der Waals surface area contributed by atoms with Gasteiger partial charge in [-0.1, -0.05) is 15.5 Å². The monoisotopic (exact) mass is 202 g/mol. The fraction of sp³-hybridized carbons (Fsp3) is 0.833. The molecule has 8 heteroatoms. The highest BCUT2D eigenvalue weighted by atomic mass is 16.3. The van der Waals surface area contributed by atoms with Crippen molar-refractivity contribution in [2.45, 2.75) is 25.0 Å². The van der Waals surface area contributed by atoms with E-state index in [2.05, 4.69) is 15.5 Å². The van der Waals surface area contributed by atoms with Crippen molar-refractivity contribution in [2.24, 2.45) is 21.3 Å². The van der Waals surface area contributed by atoms with Crippen LogP contribution in [0, 0.1) is 14.7 Å². The minimum Gasteiger partial charge on any atom is -0.324 e. The van der Waals surface area contributed by atoms with Crippen LogP contribution in [0.4, 0.5) is 0 Å². The number of Topliss-reactive ketones (excluding diaryl/α,β-unsaturated/α-hetero) is 1. The fourth-order valence-corrected chi connectivity index (χ4v) is 0.941. The standard InChI is InChI=1S/C6H10N4O4/c1-3(11)5(9-13)6(10-14)4(7)2-8-12/h4-6H,2,7H2,1H3. The summed E-state index contributed by atoms with van der Waals surface area (Å²) in [5.41, 5.74) is 5.31. The molecule has 14 heavy (non-hydrogen) atoms. The summed E-state index contributed by atoms with van der Waals surface area (Å²) in [4.78, 5) is 41.2. The van der Waals surface area contributed by atoms with Gasteiger partial charge in [0, 0.05) is 0 Å². The summed E-state index contributed by atoms with van der Waals surface area (Å²) in [6, 6.07) is -3.83. The van der Waals surface area contributed by atoms with Crippen molar-refractivity contribution in [1.29, 1.82) is 0 Å². The van der Waals surface area contributed by atoms with Gasteiger partial charge in [-0.3, -0.25) is 4.79 Å². The Balaban J connectivity index is 4.65. The first kappa shape index (κ1) is 12.4. The van der Waals surface area contributed by atoms with Gasteiger partial charge in [-0.25, -0.2) is 0 Å². The molecule has 0 aromatic rings. The second kappa shape index (κ2) is 5.97. The van der Waals surface area contributed by atoms with Gasteiger partial charge in [0.2, 0.25) is 0 Å². The Morgan fingerprint density at radius 1 is 1.29 bits per heavy atom. The van der Waals surface area contributed by atoms with Gasteiger partial charge in [0.15, 0.2) is 11.8 Å². The molecule has 0 spiro atoms. The van der Waals surface area contributed by atoms with Crippen LogP contribution in [0.15, 0.2) is 15.5 Å². The highest BCUT2D eigenvalue weighted by Gasteiger charge is 2.33. The van der Waals surface area contributed by atoms with Crippen LogP contribution in [0.2, 0.25) is 0 Å². The van der Waals surface area contributed by atoms with Gasteiger partial charge in [-0.2, -0.15) is 9.81 Å². The van der Waals surface area contributed by atoms with E-state index in [0.29, 0.717) is 0 Å². The zero-order valence-electron chi connectivity index (χ0n) is 7.49. The predicted octanol–water partition coefficient (Wildman–Crippen LogP) is -0.0609. The number of hydrogen-bond acceptors (Lipinski definition) is 8. The van der Waals surface area contributed by atoms with Gasteiger partial charge in [-0.15, -0.1) is 4.91 Å². The Morgan fingerprint density at radius 3 is 2.14 bits per heavy atom. The number of nitroso groups, excluding NO2 is 3. The van der Waals surface area contributed by atoms with Crippen LogP contribution in [-0.2, 0) is 4.79 Å². The Labute approximate surface area is 79.1 Å². The van der Waals surface area contributed by atoms with Crippen LogP contribution in [0.25, 0.3) is 0 Å². The SMILES string of the molecule is CC(=O)C(N=O)C(N=O)C(N)CN=O. The predicted molar refractivity (Wildman–Crippen MR) is 48.5 cm³/mol. The Bertz CT molecular complexity index is 244. The molecule has 0 rings (SSSR count). The number of carbonyl (C=O) groups is 1. The van der Waals surface area contributed by atoms with Crippen LogP contribution in [0.1, 0.15) is 6.92 Å². The molecular weight excluding hydrogens is 192 g/mol. The van der Waals surface area contributed by atoms with E-state index in [1.165, 1.54) is 0 Å². The lowest BCUT2D eigenvalue weighted by atomic mass is 9.99. The first-order chi connectivity index (χ1) is 6.58. The van der Waals surface area contributed by atoms with Crippen molar-refractivity contribution < 1.29 is 4.79 Å². The van der Waals surface area contributed by atoms with Crippen LogP contribution in [-0.4, -0.2) is 30.5 Å². The molecule has 0 bridgehead atoms. The summed E-state index contributed by atoms with van der Waals surface area (Å²) < 4.78 is 0. The molecule has 0 saturated heterocycles. The number of rotatable bonds is 7. The molecule has 0 fully saturated rings. The van der Waals surface area contributed by atoms with E-state index in [0.717, 1.165) is 6.92 Å². The quantitative estimate of drug-likeness (QED) is 0.577.